The Morgan fingerprint density at radius 1 is 1.04 bits per heavy atom. The molecule has 2 aromatic carbocycles. The van der Waals surface area contributed by atoms with Crippen LogP contribution in [0.5, 0.6) is 17.2 Å². The Bertz CT molecular complexity index is 974. The van der Waals surface area contributed by atoms with Crippen molar-refractivity contribution >= 4 is 22.1 Å². The van der Waals surface area contributed by atoms with Gasteiger partial charge in [-0.15, -0.1) is 4.40 Å². The molecule has 0 aromatic heterocycles. The fourth-order valence-electron chi connectivity index (χ4n) is 2.53. The van der Waals surface area contributed by atoms with Gasteiger partial charge in [-0.25, -0.2) is 0 Å². The van der Waals surface area contributed by atoms with Gasteiger partial charge in [0.25, 0.3) is 10.0 Å². The van der Waals surface area contributed by atoms with Gasteiger partial charge in [-0.05, 0) is 24.3 Å². The van der Waals surface area contributed by atoms with Gasteiger partial charge in [0.05, 0.1) is 27.5 Å². The topological polar surface area (TPSA) is 98.6 Å². The van der Waals surface area contributed by atoms with Crippen LogP contribution in [-0.2, 0) is 10.0 Å². The molecule has 0 saturated heterocycles. The SMILES string of the molecule is COc1cc(C=NNC2=NS(=O)(=O)c3ccccc32)cc(OC)c1OC. The average Bonchev–Trinajstić information content (AvgIpc) is 2.91. The summed E-state index contributed by atoms with van der Waals surface area (Å²) in [6.45, 7) is 0. The van der Waals surface area contributed by atoms with E-state index in [0.29, 0.717) is 28.4 Å². The van der Waals surface area contributed by atoms with E-state index in [1.807, 2.05) is 0 Å². The minimum absolute atomic E-state index is 0.158. The Hall–Kier alpha value is -3.07. The third-order valence-electron chi connectivity index (χ3n) is 3.70. The van der Waals surface area contributed by atoms with E-state index in [2.05, 4.69) is 14.9 Å². The summed E-state index contributed by atoms with van der Waals surface area (Å²) in [4.78, 5) is 0.158. The maximum atomic E-state index is 12.0. The van der Waals surface area contributed by atoms with Crippen LogP contribution in [0.25, 0.3) is 0 Å². The number of sulfonamides is 1. The normalized spacial score (nSPS) is 14.7. The van der Waals surface area contributed by atoms with Crippen LogP contribution in [0.15, 0.2) is 50.8 Å². The van der Waals surface area contributed by atoms with E-state index < -0.39 is 10.0 Å². The molecule has 1 heterocycles. The standard InChI is InChI=1S/C17H17N3O5S/c1-23-13-8-11(9-14(24-2)16(13)25-3)10-18-19-17-12-6-4-5-7-15(12)26(21,22)20-17/h4-10H,1-3H3,(H,19,20). The average molecular weight is 375 g/mol. The molecule has 0 amide bonds. The number of fused-ring (bicyclic) bond motifs is 1. The summed E-state index contributed by atoms with van der Waals surface area (Å²) in [6, 6.07) is 9.99. The molecule has 136 valence electrons. The Kier molecular flexibility index (Phi) is 4.81. The van der Waals surface area contributed by atoms with E-state index in [-0.39, 0.29) is 10.7 Å². The second-order valence-electron chi connectivity index (χ2n) is 5.24. The van der Waals surface area contributed by atoms with Gasteiger partial charge in [-0.2, -0.15) is 13.5 Å². The van der Waals surface area contributed by atoms with Gasteiger partial charge in [0.2, 0.25) is 5.75 Å². The molecule has 0 bridgehead atoms. The zero-order valence-corrected chi connectivity index (χ0v) is 15.2. The van der Waals surface area contributed by atoms with Crippen LogP contribution >= 0.6 is 0 Å². The number of rotatable bonds is 5. The molecule has 2 aromatic rings. The van der Waals surface area contributed by atoms with Crippen molar-refractivity contribution < 1.29 is 22.6 Å². The summed E-state index contributed by atoms with van der Waals surface area (Å²) in [6.07, 6.45) is 1.50. The zero-order chi connectivity index (χ0) is 18.7. The monoisotopic (exact) mass is 375 g/mol. The Morgan fingerprint density at radius 2 is 1.69 bits per heavy atom. The molecule has 0 fully saturated rings. The first kappa shape index (κ1) is 17.7. The van der Waals surface area contributed by atoms with Crippen molar-refractivity contribution in [2.75, 3.05) is 21.3 Å². The fraction of sp³-hybridized carbons (Fsp3) is 0.176. The van der Waals surface area contributed by atoms with Gasteiger partial charge in [0.15, 0.2) is 17.3 Å². The van der Waals surface area contributed by atoms with Crippen molar-refractivity contribution in [1.82, 2.24) is 5.43 Å². The number of hydrogen-bond acceptors (Lipinski definition) is 7. The van der Waals surface area contributed by atoms with E-state index >= 15 is 0 Å². The van der Waals surface area contributed by atoms with Crippen molar-refractivity contribution in [3.63, 3.8) is 0 Å². The van der Waals surface area contributed by atoms with Gasteiger partial charge in [-0.3, -0.25) is 5.43 Å². The molecule has 1 N–H and O–H groups in total. The molecule has 0 unspecified atom stereocenters. The molecule has 0 aliphatic carbocycles. The molecule has 26 heavy (non-hydrogen) atoms. The number of methoxy groups -OCH3 is 3. The van der Waals surface area contributed by atoms with Crippen molar-refractivity contribution in [3.8, 4) is 17.2 Å². The zero-order valence-electron chi connectivity index (χ0n) is 14.4. The number of hydrazone groups is 1. The maximum Gasteiger partial charge on any atom is 0.285 e. The molecule has 9 heteroatoms. The Labute approximate surface area is 151 Å². The van der Waals surface area contributed by atoms with Crippen molar-refractivity contribution in [2.24, 2.45) is 9.50 Å². The van der Waals surface area contributed by atoms with Gasteiger partial charge < -0.3 is 14.2 Å². The van der Waals surface area contributed by atoms with Crippen molar-refractivity contribution in [1.29, 1.82) is 0 Å². The smallest absolute Gasteiger partial charge is 0.285 e. The van der Waals surface area contributed by atoms with Crippen molar-refractivity contribution in [3.05, 3.63) is 47.5 Å². The van der Waals surface area contributed by atoms with Crippen LogP contribution in [0.2, 0.25) is 0 Å². The lowest BCUT2D eigenvalue weighted by atomic mass is 10.2. The summed E-state index contributed by atoms with van der Waals surface area (Å²) in [5.74, 6) is 1.61. The molecule has 0 radical (unpaired) electrons. The lowest BCUT2D eigenvalue weighted by Crippen LogP contribution is -2.17. The number of hydrogen-bond donors (Lipinski definition) is 1. The first-order valence-corrected chi connectivity index (χ1v) is 8.97. The van der Waals surface area contributed by atoms with Gasteiger partial charge in [0, 0.05) is 11.1 Å². The van der Waals surface area contributed by atoms with E-state index in [0.717, 1.165) is 0 Å². The van der Waals surface area contributed by atoms with E-state index in [1.54, 1.807) is 30.3 Å². The van der Waals surface area contributed by atoms with Gasteiger partial charge in [0.1, 0.15) is 4.90 Å². The molecule has 0 saturated carbocycles. The van der Waals surface area contributed by atoms with E-state index in [4.69, 9.17) is 14.2 Å². The number of benzene rings is 2. The maximum absolute atomic E-state index is 12.0. The molecule has 1 aliphatic heterocycles. The van der Waals surface area contributed by atoms with Crippen LogP contribution in [-0.4, -0.2) is 41.8 Å². The molecular weight excluding hydrogens is 358 g/mol. The van der Waals surface area contributed by atoms with Crippen LogP contribution < -0.4 is 19.6 Å². The summed E-state index contributed by atoms with van der Waals surface area (Å²) in [5, 5.41) is 4.07. The second kappa shape index (κ2) is 7.04. The Morgan fingerprint density at radius 3 is 2.31 bits per heavy atom. The predicted molar refractivity (Wildman–Crippen MR) is 97.0 cm³/mol. The van der Waals surface area contributed by atoms with Crippen LogP contribution in [0.3, 0.4) is 0 Å². The molecular formula is C17H17N3O5S. The first-order valence-electron chi connectivity index (χ1n) is 7.53. The minimum Gasteiger partial charge on any atom is -0.493 e. The minimum atomic E-state index is -3.69. The molecule has 1 aliphatic rings. The van der Waals surface area contributed by atoms with Crippen LogP contribution in [0.1, 0.15) is 11.1 Å². The third-order valence-corrected chi connectivity index (χ3v) is 5.04. The van der Waals surface area contributed by atoms with Crippen LogP contribution in [0.4, 0.5) is 0 Å². The quantitative estimate of drug-likeness (QED) is 0.632. The van der Waals surface area contributed by atoms with Crippen LogP contribution in [0, 0.1) is 0 Å². The highest BCUT2D eigenvalue weighted by atomic mass is 32.2. The van der Waals surface area contributed by atoms with E-state index in [9.17, 15) is 8.42 Å². The fourth-order valence-corrected chi connectivity index (χ4v) is 3.70. The summed E-state index contributed by atoms with van der Waals surface area (Å²) >= 11 is 0. The third kappa shape index (κ3) is 3.21. The van der Waals surface area contributed by atoms with Gasteiger partial charge >= 0.3 is 0 Å². The highest BCUT2D eigenvalue weighted by Crippen LogP contribution is 2.37. The highest BCUT2D eigenvalue weighted by Gasteiger charge is 2.28. The number of nitrogens with zero attached hydrogens (tertiary/aromatic N) is 2. The largest absolute Gasteiger partial charge is 0.493 e. The Balaban J connectivity index is 1.86. The molecule has 3 rings (SSSR count). The van der Waals surface area contributed by atoms with Gasteiger partial charge in [-0.1, -0.05) is 12.1 Å². The summed E-state index contributed by atoms with van der Waals surface area (Å²) < 4.78 is 43.6. The number of ether oxygens (including phenoxy) is 3. The molecule has 0 atom stereocenters. The second-order valence-corrected chi connectivity index (χ2v) is 6.81. The number of amidine groups is 1. The lowest BCUT2D eigenvalue weighted by Gasteiger charge is -2.12. The van der Waals surface area contributed by atoms with Crippen molar-refractivity contribution in [2.45, 2.75) is 4.90 Å². The first-order chi connectivity index (χ1) is 12.5. The summed E-state index contributed by atoms with van der Waals surface area (Å²) in [5.41, 5.74) is 3.82. The number of nitrogens with one attached hydrogen (secondary N) is 1. The summed E-state index contributed by atoms with van der Waals surface area (Å²) in [7, 11) is 0.873. The highest BCUT2D eigenvalue weighted by molar-refractivity contribution is 7.90. The predicted octanol–water partition coefficient (Wildman–Crippen LogP) is 1.78. The van der Waals surface area contributed by atoms with E-state index in [1.165, 1.54) is 33.6 Å². The lowest BCUT2D eigenvalue weighted by molar-refractivity contribution is 0.324. The molecule has 8 nitrogen and oxygen atoms in total. The molecule has 0 spiro atoms.